The zero-order chi connectivity index (χ0) is 25.7. The summed E-state index contributed by atoms with van der Waals surface area (Å²) in [5, 5.41) is 12.4. The van der Waals surface area contributed by atoms with Crippen LogP contribution in [0.1, 0.15) is 48.0 Å². The third-order valence-electron chi connectivity index (χ3n) is 7.24. The number of rotatable bonds is 8. The fraction of sp³-hybridized carbons (Fsp3) is 0.444. The van der Waals surface area contributed by atoms with Gasteiger partial charge in [0.25, 0.3) is 5.91 Å². The van der Waals surface area contributed by atoms with E-state index in [0.29, 0.717) is 31.7 Å². The van der Waals surface area contributed by atoms with Crippen molar-refractivity contribution in [3.05, 3.63) is 53.6 Å². The molecule has 2 aromatic rings. The maximum atomic E-state index is 12.5. The molecule has 4 N–H and O–H groups in total. The number of hydrogen-bond acceptors (Lipinski definition) is 6. The number of aryl methyl sites for hydroxylation is 1. The lowest BCUT2D eigenvalue weighted by Gasteiger charge is -2.48. The Kier molecular flexibility index (Phi) is 7.79. The molecule has 0 bridgehead atoms. The van der Waals surface area contributed by atoms with E-state index in [1.807, 2.05) is 25.1 Å². The second-order valence-corrected chi connectivity index (χ2v) is 9.62. The first kappa shape index (κ1) is 25.5. The average molecular weight is 495 g/mol. The number of piperidine rings is 2. The average Bonchev–Trinajstić information content (AvgIpc) is 2.88. The number of anilines is 2. The smallest absolute Gasteiger partial charge is 0.337 e. The lowest BCUT2D eigenvalue weighted by molar-refractivity contribution is -0.132. The van der Waals surface area contributed by atoms with Gasteiger partial charge in [0, 0.05) is 18.8 Å². The molecular weight excluding hydrogens is 460 g/mol. The van der Waals surface area contributed by atoms with Crippen LogP contribution in [0.25, 0.3) is 0 Å². The maximum Gasteiger partial charge on any atom is 0.337 e. The van der Waals surface area contributed by atoms with Crippen molar-refractivity contribution in [2.24, 2.45) is 5.73 Å². The Morgan fingerprint density at radius 2 is 1.75 bits per heavy atom. The molecule has 2 fully saturated rings. The molecule has 0 aliphatic carbocycles. The van der Waals surface area contributed by atoms with Gasteiger partial charge in [-0.3, -0.25) is 14.5 Å². The van der Waals surface area contributed by atoms with Crippen molar-refractivity contribution in [1.29, 1.82) is 0 Å². The molecule has 36 heavy (non-hydrogen) atoms. The van der Waals surface area contributed by atoms with Crippen molar-refractivity contribution in [1.82, 2.24) is 4.90 Å². The number of carbonyl (C=O) groups is 3. The van der Waals surface area contributed by atoms with Gasteiger partial charge in [-0.1, -0.05) is 18.6 Å². The van der Waals surface area contributed by atoms with Gasteiger partial charge in [-0.25, -0.2) is 4.79 Å². The normalized spacial score (nSPS) is 17.9. The minimum Gasteiger partial charge on any atom is -0.484 e. The molecule has 9 heteroatoms. The summed E-state index contributed by atoms with van der Waals surface area (Å²) >= 11 is 0. The van der Waals surface area contributed by atoms with Gasteiger partial charge < -0.3 is 25.8 Å². The molecule has 2 aromatic carbocycles. The number of hydrogen-bond donors (Lipinski definition) is 3. The predicted molar refractivity (Wildman–Crippen MR) is 138 cm³/mol. The van der Waals surface area contributed by atoms with Crippen molar-refractivity contribution in [3.63, 3.8) is 0 Å². The summed E-state index contributed by atoms with van der Waals surface area (Å²) < 4.78 is 5.52. The molecule has 0 atom stereocenters. The molecule has 0 saturated carbocycles. The standard InChI is InChI=1S/C27H34N4O5/c1-19-6-5-7-21(16-19)36-18-24(32)29-23-9-8-20(17-22(23)25(33)34)30-14-10-27(11-15-30,26(28)35)31-12-3-2-4-13-31/h5-9,16-17H,2-4,10-15,18H2,1H3,(H2,28,35)(H,29,32)(H,33,34). The first-order valence-corrected chi connectivity index (χ1v) is 12.4. The van der Waals surface area contributed by atoms with Crippen LogP contribution < -0.4 is 20.7 Å². The van der Waals surface area contributed by atoms with Crippen LogP contribution in [-0.2, 0) is 9.59 Å². The maximum absolute atomic E-state index is 12.5. The second-order valence-electron chi connectivity index (χ2n) is 9.62. The van der Waals surface area contributed by atoms with E-state index in [9.17, 15) is 19.5 Å². The molecule has 2 heterocycles. The molecular formula is C27H34N4O5. The number of ether oxygens (including phenoxy) is 1. The molecule has 4 rings (SSSR count). The number of carboxylic acids is 1. The van der Waals surface area contributed by atoms with Crippen molar-refractivity contribution in [2.75, 3.05) is 43.0 Å². The number of carbonyl (C=O) groups excluding carboxylic acids is 2. The van der Waals surface area contributed by atoms with Crippen molar-refractivity contribution < 1.29 is 24.2 Å². The Balaban J connectivity index is 1.42. The predicted octanol–water partition coefficient (Wildman–Crippen LogP) is 3.02. The van der Waals surface area contributed by atoms with E-state index in [1.54, 1.807) is 24.3 Å². The summed E-state index contributed by atoms with van der Waals surface area (Å²) in [6.45, 7) is 4.64. The highest BCUT2D eigenvalue weighted by atomic mass is 16.5. The summed E-state index contributed by atoms with van der Waals surface area (Å²) in [4.78, 5) is 41.2. The lowest BCUT2D eigenvalue weighted by atomic mass is 9.83. The minimum absolute atomic E-state index is 0.000765. The number of likely N-dealkylation sites (tertiary alicyclic amines) is 1. The number of carboxylic acid groups (broad SMARTS) is 1. The van der Waals surface area contributed by atoms with E-state index in [4.69, 9.17) is 10.5 Å². The van der Waals surface area contributed by atoms with Crippen LogP contribution in [0, 0.1) is 6.92 Å². The van der Waals surface area contributed by atoms with E-state index in [2.05, 4.69) is 15.1 Å². The van der Waals surface area contributed by atoms with E-state index >= 15 is 0 Å². The molecule has 2 aliphatic heterocycles. The lowest BCUT2D eigenvalue weighted by Crippen LogP contribution is -2.63. The zero-order valence-corrected chi connectivity index (χ0v) is 20.7. The van der Waals surface area contributed by atoms with Crippen LogP contribution in [0.2, 0.25) is 0 Å². The molecule has 192 valence electrons. The third-order valence-corrected chi connectivity index (χ3v) is 7.24. The van der Waals surface area contributed by atoms with Crippen LogP contribution in [0.15, 0.2) is 42.5 Å². The molecule has 0 unspecified atom stereocenters. The van der Waals surface area contributed by atoms with Crippen LogP contribution in [0.5, 0.6) is 5.75 Å². The SMILES string of the molecule is Cc1cccc(OCC(=O)Nc2ccc(N3CCC(C(N)=O)(N4CCCCC4)CC3)cc2C(=O)O)c1. The highest BCUT2D eigenvalue weighted by Gasteiger charge is 2.45. The van der Waals surface area contributed by atoms with Crippen LogP contribution in [0.4, 0.5) is 11.4 Å². The molecule has 0 radical (unpaired) electrons. The highest BCUT2D eigenvalue weighted by Crippen LogP contribution is 2.34. The molecule has 2 amide bonds. The number of amides is 2. The van der Waals surface area contributed by atoms with Crippen molar-refractivity contribution in [2.45, 2.75) is 44.6 Å². The van der Waals surface area contributed by atoms with E-state index in [1.165, 1.54) is 6.42 Å². The Hall–Kier alpha value is -3.59. The van der Waals surface area contributed by atoms with Gasteiger partial charge in [-0.15, -0.1) is 0 Å². The van der Waals surface area contributed by atoms with E-state index in [0.717, 1.165) is 37.2 Å². The zero-order valence-electron chi connectivity index (χ0n) is 20.7. The van der Waals surface area contributed by atoms with E-state index < -0.39 is 17.4 Å². The number of primary amides is 1. The second kappa shape index (κ2) is 11.0. The first-order chi connectivity index (χ1) is 17.3. The quantitative estimate of drug-likeness (QED) is 0.515. The van der Waals surface area contributed by atoms with Crippen LogP contribution >= 0.6 is 0 Å². The topological polar surface area (TPSA) is 125 Å². The summed E-state index contributed by atoms with van der Waals surface area (Å²) in [6.07, 6.45) is 4.52. The minimum atomic E-state index is -1.14. The number of nitrogens with two attached hydrogens (primary N) is 1. The Morgan fingerprint density at radius 1 is 1.03 bits per heavy atom. The van der Waals surface area contributed by atoms with Crippen molar-refractivity contribution in [3.8, 4) is 5.75 Å². The number of benzene rings is 2. The van der Waals surface area contributed by atoms with Gasteiger partial charge in [-0.05, 0) is 81.6 Å². The summed E-state index contributed by atoms with van der Waals surface area (Å²) in [5.74, 6) is -1.29. The van der Waals surface area contributed by atoms with Gasteiger partial charge in [0.2, 0.25) is 5.91 Å². The number of aromatic carboxylic acids is 1. The van der Waals surface area contributed by atoms with Gasteiger partial charge in [0.15, 0.2) is 6.61 Å². The Labute approximate surface area is 211 Å². The molecule has 9 nitrogen and oxygen atoms in total. The number of nitrogens with one attached hydrogen (secondary N) is 1. The Bertz CT molecular complexity index is 1120. The monoisotopic (exact) mass is 494 g/mol. The molecule has 0 aromatic heterocycles. The fourth-order valence-electron chi connectivity index (χ4n) is 5.23. The third kappa shape index (κ3) is 5.62. The van der Waals surface area contributed by atoms with E-state index in [-0.39, 0.29) is 23.8 Å². The van der Waals surface area contributed by atoms with Crippen molar-refractivity contribution >= 4 is 29.2 Å². The largest absolute Gasteiger partial charge is 0.484 e. The van der Waals surface area contributed by atoms with Crippen LogP contribution in [-0.4, -0.2) is 66.1 Å². The summed E-state index contributed by atoms with van der Waals surface area (Å²) in [5.41, 5.74) is 7.20. The van der Waals surface area contributed by atoms with Gasteiger partial charge >= 0.3 is 5.97 Å². The molecule has 2 aliphatic rings. The number of nitrogens with zero attached hydrogens (tertiary/aromatic N) is 2. The Morgan fingerprint density at radius 3 is 2.39 bits per heavy atom. The van der Waals surface area contributed by atoms with Crippen LogP contribution in [0.3, 0.4) is 0 Å². The summed E-state index contributed by atoms with van der Waals surface area (Å²) in [7, 11) is 0. The molecule has 0 spiro atoms. The first-order valence-electron chi connectivity index (χ1n) is 12.4. The fourth-order valence-corrected chi connectivity index (χ4v) is 5.23. The molecule has 2 saturated heterocycles. The van der Waals surface area contributed by atoms with Gasteiger partial charge in [-0.2, -0.15) is 0 Å². The highest BCUT2D eigenvalue weighted by molar-refractivity contribution is 6.01. The summed E-state index contributed by atoms with van der Waals surface area (Å²) in [6, 6.07) is 12.3. The van der Waals surface area contributed by atoms with Gasteiger partial charge in [0.05, 0.1) is 11.3 Å². The van der Waals surface area contributed by atoms with Gasteiger partial charge in [0.1, 0.15) is 11.3 Å².